The molecule has 2 aromatic carbocycles. The van der Waals surface area contributed by atoms with Gasteiger partial charge in [0.25, 0.3) is 0 Å². The third-order valence-electron chi connectivity index (χ3n) is 7.84. The molecule has 0 spiro atoms. The molecule has 2 aromatic heterocycles. The molecule has 1 aliphatic heterocycles. The zero-order valence-corrected chi connectivity index (χ0v) is 23.9. The summed E-state index contributed by atoms with van der Waals surface area (Å²) in [5, 5.41) is 6.95. The van der Waals surface area contributed by atoms with Crippen LogP contribution in [-0.4, -0.2) is 45.7 Å². The van der Waals surface area contributed by atoms with E-state index in [4.69, 9.17) is 4.74 Å². The number of rotatable bonds is 12. The lowest BCUT2D eigenvalue weighted by molar-refractivity contribution is -0.132. The van der Waals surface area contributed by atoms with Crippen molar-refractivity contribution in [3.05, 3.63) is 89.5 Å². The minimum absolute atomic E-state index is 0.312. The monoisotopic (exact) mass is 554 g/mol. The second-order valence-corrected chi connectivity index (χ2v) is 10.7. The molecular formula is C34H39FN4O2. The number of unbranched alkanes of at least 4 members (excludes halogenated alkanes) is 3. The summed E-state index contributed by atoms with van der Waals surface area (Å²) in [6, 6.07) is 19.9. The minimum atomic E-state index is -0.436. The van der Waals surface area contributed by atoms with Crippen molar-refractivity contribution in [3.63, 3.8) is 0 Å². The standard InChI is InChI=1S/C34H39FN4O2/c1-2-28(25-13-7-5-8-14-25)33(26-16-18-30-29(23-26)34(35)38-37-30)27-17-19-31(36-24-27)41-22-12-4-3-9-15-32(40)39-20-10-6-11-21-39/h5,7-8,13-14,16-19,23-24H,2-4,6,9-12,15,20-22H2,1H3,(H,37,38)/b33-28-. The molecule has 1 aliphatic rings. The SMILES string of the molecule is CC/C(=C(/c1ccc(OCCCCCCC(=O)N2CCCCC2)nc1)c1ccc2n[nH]c(F)c2c1)c1ccccc1. The molecule has 0 atom stereocenters. The van der Waals surface area contributed by atoms with E-state index in [0.29, 0.717) is 35.7 Å². The Morgan fingerprint density at radius 1 is 0.927 bits per heavy atom. The van der Waals surface area contributed by atoms with Crippen molar-refractivity contribution in [2.45, 2.75) is 64.7 Å². The van der Waals surface area contributed by atoms with Gasteiger partial charge in [-0.2, -0.15) is 9.49 Å². The van der Waals surface area contributed by atoms with Gasteiger partial charge in [-0.05, 0) is 79.0 Å². The average molecular weight is 555 g/mol. The number of carbonyl (C=O) groups excluding carboxylic acids is 1. The number of likely N-dealkylation sites (tertiary alicyclic amines) is 1. The number of nitrogens with zero attached hydrogens (tertiary/aromatic N) is 3. The highest BCUT2D eigenvalue weighted by atomic mass is 19.1. The van der Waals surface area contributed by atoms with Crippen LogP contribution >= 0.6 is 0 Å². The molecule has 1 N–H and O–H groups in total. The first-order chi connectivity index (χ1) is 20.1. The van der Waals surface area contributed by atoms with Gasteiger partial charge in [-0.15, -0.1) is 0 Å². The third-order valence-corrected chi connectivity index (χ3v) is 7.84. The number of allylic oxidation sites excluding steroid dienone is 1. The number of ether oxygens (including phenoxy) is 1. The number of aromatic amines is 1. The Morgan fingerprint density at radius 2 is 1.71 bits per heavy atom. The van der Waals surface area contributed by atoms with E-state index < -0.39 is 5.95 Å². The number of benzene rings is 2. The van der Waals surface area contributed by atoms with Crippen LogP contribution in [0.25, 0.3) is 22.0 Å². The Balaban J connectivity index is 1.22. The fourth-order valence-electron chi connectivity index (χ4n) is 5.64. The molecule has 41 heavy (non-hydrogen) atoms. The highest BCUT2D eigenvalue weighted by Gasteiger charge is 2.17. The fraction of sp³-hybridized carbons (Fsp3) is 0.382. The number of hydrogen-bond donors (Lipinski definition) is 1. The highest BCUT2D eigenvalue weighted by Crippen LogP contribution is 2.35. The van der Waals surface area contributed by atoms with E-state index in [-0.39, 0.29) is 0 Å². The lowest BCUT2D eigenvalue weighted by Gasteiger charge is -2.26. The van der Waals surface area contributed by atoms with Gasteiger partial charge >= 0.3 is 0 Å². The van der Waals surface area contributed by atoms with Gasteiger partial charge in [0, 0.05) is 37.3 Å². The highest BCUT2D eigenvalue weighted by molar-refractivity contribution is 6.00. The van der Waals surface area contributed by atoms with Crippen LogP contribution in [0.1, 0.15) is 81.4 Å². The van der Waals surface area contributed by atoms with E-state index >= 15 is 0 Å². The summed E-state index contributed by atoms with van der Waals surface area (Å²) in [7, 11) is 0. The maximum atomic E-state index is 14.4. The number of pyridine rings is 1. The van der Waals surface area contributed by atoms with Gasteiger partial charge in [0.2, 0.25) is 17.7 Å². The number of carbonyl (C=O) groups is 1. The molecule has 0 radical (unpaired) electrons. The smallest absolute Gasteiger partial charge is 0.222 e. The molecule has 0 bridgehead atoms. The summed E-state index contributed by atoms with van der Waals surface area (Å²) in [6.45, 7) is 4.59. The summed E-state index contributed by atoms with van der Waals surface area (Å²) >= 11 is 0. The lowest BCUT2D eigenvalue weighted by Crippen LogP contribution is -2.35. The summed E-state index contributed by atoms with van der Waals surface area (Å²) in [4.78, 5) is 19.0. The maximum absolute atomic E-state index is 14.4. The summed E-state index contributed by atoms with van der Waals surface area (Å²) in [5.74, 6) is 0.462. The molecule has 5 rings (SSSR count). The zero-order valence-electron chi connectivity index (χ0n) is 23.9. The molecule has 0 aliphatic carbocycles. The van der Waals surface area contributed by atoms with Crippen molar-refractivity contribution in [1.29, 1.82) is 0 Å². The van der Waals surface area contributed by atoms with Crippen molar-refractivity contribution in [1.82, 2.24) is 20.1 Å². The van der Waals surface area contributed by atoms with Gasteiger partial charge in [-0.1, -0.05) is 56.2 Å². The predicted octanol–water partition coefficient (Wildman–Crippen LogP) is 7.81. The molecule has 1 fully saturated rings. The Labute approximate surface area is 241 Å². The molecule has 3 heterocycles. The summed E-state index contributed by atoms with van der Waals surface area (Å²) in [5.41, 5.74) is 5.74. The topological polar surface area (TPSA) is 71.1 Å². The number of amides is 1. The van der Waals surface area contributed by atoms with Crippen molar-refractivity contribution >= 4 is 28.0 Å². The van der Waals surface area contributed by atoms with E-state index in [1.54, 1.807) is 0 Å². The Bertz CT molecular complexity index is 1460. The van der Waals surface area contributed by atoms with Crippen LogP contribution in [0, 0.1) is 5.95 Å². The Hall–Kier alpha value is -4.00. The van der Waals surface area contributed by atoms with E-state index in [9.17, 15) is 9.18 Å². The summed E-state index contributed by atoms with van der Waals surface area (Å²) in [6.07, 6.45) is 10.8. The van der Waals surface area contributed by atoms with Crippen LogP contribution in [0.3, 0.4) is 0 Å². The maximum Gasteiger partial charge on any atom is 0.222 e. The van der Waals surface area contributed by atoms with Crippen LogP contribution < -0.4 is 4.74 Å². The Morgan fingerprint density at radius 3 is 2.46 bits per heavy atom. The zero-order chi connectivity index (χ0) is 28.4. The van der Waals surface area contributed by atoms with Crippen LogP contribution in [0.4, 0.5) is 4.39 Å². The molecule has 214 valence electrons. The van der Waals surface area contributed by atoms with E-state index in [0.717, 1.165) is 85.9 Å². The van der Waals surface area contributed by atoms with Crippen LogP contribution in [0.15, 0.2) is 66.9 Å². The third kappa shape index (κ3) is 7.20. The average Bonchev–Trinajstić information content (AvgIpc) is 3.40. The van der Waals surface area contributed by atoms with Gasteiger partial charge in [0.15, 0.2) is 0 Å². The predicted molar refractivity (Wildman–Crippen MR) is 162 cm³/mol. The molecule has 1 amide bonds. The lowest BCUT2D eigenvalue weighted by atomic mass is 9.88. The van der Waals surface area contributed by atoms with Crippen molar-refractivity contribution in [2.24, 2.45) is 0 Å². The number of piperidine rings is 1. The number of H-pyrrole nitrogens is 1. The first kappa shape index (κ1) is 28.5. The number of fused-ring (bicyclic) bond motifs is 1. The van der Waals surface area contributed by atoms with Gasteiger partial charge in [0.1, 0.15) is 0 Å². The first-order valence-corrected chi connectivity index (χ1v) is 14.9. The second-order valence-electron chi connectivity index (χ2n) is 10.7. The number of nitrogens with one attached hydrogen (secondary N) is 1. The van der Waals surface area contributed by atoms with Gasteiger partial charge < -0.3 is 9.64 Å². The molecular weight excluding hydrogens is 515 g/mol. The Kier molecular flexibility index (Phi) is 9.78. The molecule has 1 saturated heterocycles. The fourth-order valence-corrected chi connectivity index (χ4v) is 5.64. The first-order valence-electron chi connectivity index (χ1n) is 14.9. The summed E-state index contributed by atoms with van der Waals surface area (Å²) < 4.78 is 20.3. The second kappa shape index (κ2) is 14.1. The molecule has 6 nitrogen and oxygen atoms in total. The molecule has 0 unspecified atom stereocenters. The van der Waals surface area contributed by atoms with Crippen molar-refractivity contribution in [2.75, 3.05) is 19.7 Å². The van der Waals surface area contributed by atoms with Crippen LogP contribution in [0.5, 0.6) is 5.88 Å². The van der Waals surface area contributed by atoms with Gasteiger partial charge in [-0.3, -0.25) is 9.89 Å². The van der Waals surface area contributed by atoms with E-state index in [1.165, 1.54) is 6.42 Å². The molecule has 7 heteroatoms. The van der Waals surface area contributed by atoms with E-state index in [2.05, 4.69) is 34.2 Å². The van der Waals surface area contributed by atoms with E-state index in [1.807, 2.05) is 59.6 Å². The van der Waals surface area contributed by atoms with Gasteiger partial charge in [0.05, 0.1) is 17.5 Å². The van der Waals surface area contributed by atoms with Crippen molar-refractivity contribution in [3.8, 4) is 5.88 Å². The number of aromatic nitrogens is 3. The molecule has 4 aromatic rings. The quantitative estimate of drug-likeness (QED) is 0.143. The normalized spacial score (nSPS) is 14.2. The number of hydrogen-bond acceptors (Lipinski definition) is 4. The largest absolute Gasteiger partial charge is 0.478 e. The van der Waals surface area contributed by atoms with Gasteiger partial charge in [-0.25, -0.2) is 4.98 Å². The molecule has 0 saturated carbocycles. The number of halogens is 1. The van der Waals surface area contributed by atoms with Crippen LogP contribution in [-0.2, 0) is 4.79 Å². The van der Waals surface area contributed by atoms with Crippen molar-refractivity contribution < 1.29 is 13.9 Å². The minimum Gasteiger partial charge on any atom is -0.478 e. The van der Waals surface area contributed by atoms with Crippen LogP contribution in [0.2, 0.25) is 0 Å².